The van der Waals surface area contributed by atoms with Crippen LogP contribution in [0.2, 0.25) is 0 Å². The zero-order valence-electron chi connectivity index (χ0n) is 18.7. The predicted octanol–water partition coefficient (Wildman–Crippen LogP) is 3.28. The Morgan fingerprint density at radius 3 is 2.64 bits per heavy atom. The van der Waals surface area contributed by atoms with Crippen molar-refractivity contribution in [3.63, 3.8) is 0 Å². The maximum Gasteiger partial charge on any atom is 0.362 e. The molecule has 4 rings (SSSR count). The molecule has 33 heavy (non-hydrogen) atoms. The van der Waals surface area contributed by atoms with Crippen molar-refractivity contribution in [2.45, 2.75) is 45.6 Å². The van der Waals surface area contributed by atoms with Crippen molar-refractivity contribution in [3.05, 3.63) is 46.3 Å². The lowest BCUT2D eigenvalue weighted by Crippen LogP contribution is -2.42. The first kappa shape index (κ1) is 22.8. The number of hydrogen-bond donors (Lipinski definition) is 1. The normalized spacial score (nSPS) is 22.1. The molecule has 1 N–H and O–H groups in total. The first-order valence-electron chi connectivity index (χ1n) is 11.3. The van der Waals surface area contributed by atoms with Crippen molar-refractivity contribution >= 4 is 17.6 Å². The van der Waals surface area contributed by atoms with E-state index >= 15 is 0 Å². The third-order valence-electron chi connectivity index (χ3n) is 6.66. The van der Waals surface area contributed by atoms with E-state index in [0.717, 1.165) is 5.92 Å². The average molecular weight is 456 g/mol. The quantitative estimate of drug-likeness (QED) is 0.349. The minimum atomic E-state index is -0.677. The number of aromatic nitrogens is 2. The summed E-state index contributed by atoms with van der Waals surface area (Å²) < 4.78 is 12.1. The fourth-order valence-electron chi connectivity index (χ4n) is 5.12. The van der Waals surface area contributed by atoms with Gasteiger partial charge in [0.05, 0.1) is 23.4 Å². The van der Waals surface area contributed by atoms with Gasteiger partial charge in [-0.25, -0.2) is 9.48 Å². The van der Waals surface area contributed by atoms with Crippen molar-refractivity contribution in [3.8, 4) is 11.4 Å². The van der Waals surface area contributed by atoms with Crippen LogP contribution in [0.15, 0.2) is 30.5 Å². The van der Waals surface area contributed by atoms with Crippen molar-refractivity contribution < 1.29 is 24.0 Å². The van der Waals surface area contributed by atoms with Crippen LogP contribution in [0.4, 0.5) is 5.69 Å². The first-order chi connectivity index (χ1) is 15.9. The Balaban J connectivity index is 1.43. The lowest BCUT2D eigenvalue weighted by atomic mass is 9.84. The van der Waals surface area contributed by atoms with Gasteiger partial charge in [-0.05, 0) is 63.0 Å². The van der Waals surface area contributed by atoms with Crippen molar-refractivity contribution in [2.24, 2.45) is 17.8 Å². The maximum atomic E-state index is 12.5. The van der Waals surface area contributed by atoms with Crippen LogP contribution in [-0.4, -0.2) is 45.8 Å². The number of carbonyl (C=O) groups excluding carboxylic acids is 2. The molecule has 10 heteroatoms. The summed E-state index contributed by atoms with van der Waals surface area (Å²) in [6.45, 7) is 3.62. The zero-order chi connectivity index (χ0) is 23.5. The minimum Gasteiger partial charge on any atom is -0.480 e. The van der Waals surface area contributed by atoms with Gasteiger partial charge >= 0.3 is 5.97 Å². The lowest BCUT2D eigenvalue weighted by Gasteiger charge is -2.28. The average Bonchev–Trinajstić information content (AvgIpc) is 3.53. The van der Waals surface area contributed by atoms with E-state index in [9.17, 15) is 19.7 Å². The summed E-state index contributed by atoms with van der Waals surface area (Å²) in [6.07, 6.45) is 6.45. The second-order valence-corrected chi connectivity index (χ2v) is 8.76. The van der Waals surface area contributed by atoms with E-state index in [1.165, 1.54) is 60.8 Å². The van der Waals surface area contributed by atoms with Gasteiger partial charge < -0.3 is 14.8 Å². The van der Waals surface area contributed by atoms with E-state index in [1.807, 2.05) is 6.92 Å². The third kappa shape index (κ3) is 4.99. The molecular weight excluding hydrogens is 428 g/mol. The number of nitrogens with zero attached hydrogens (tertiary/aromatic N) is 3. The predicted molar refractivity (Wildman–Crippen MR) is 118 cm³/mol. The van der Waals surface area contributed by atoms with Gasteiger partial charge in [-0.3, -0.25) is 14.9 Å². The minimum absolute atomic E-state index is 0.0609. The van der Waals surface area contributed by atoms with E-state index in [-0.39, 0.29) is 42.3 Å². The summed E-state index contributed by atoms with van der Waals surface area (Å²) in [4.78, 5) is 35.3. The Labute approximate surface area is 191 Å². The number of non-ortho nitro benzene ring substituents is 1. The van der Waals surface area contributed by atoms with Gasteiger partial charge in [0.1, 0.15) is 0 Å². The highest BCUT2D eigenvalue weighted by Gasteiger charge is 2.42. The third-order valence-corrected chi connectivity index (χ3v) is 6.66. The standard InChI is InChI=1S/C23H28N4O6/c1-3-32-23(29)22-20(12-26(25-22)17-6-8-18(9-7-17)27(30)31)33-13-21(28)24-14(2)19-11-15-4-5-16(19)10-15/h6-9,12,14-16,19H,3-5,10-11,13H2,1-2H3,(H,24,28)/t14-,15+,16+,19-/m1/s1. The van der Waals surface area contributed by atoms with Crippen molar-refractivity contribution in [2.75, 3.05) is 13.2 Å². The number of rotatable bonds is 9. The molecule has 1 heterocycles. The summed E-state index contributed by atoms with van der Waals surface area (Å²) in [5, 5.41) is 18.1. The molecule has 0 aliphatic heterocycles. The molecule has 4 atom stereocenters. The molecule has 0 unspecified atom stereocenters. The molecule has 176 valence electrons. The Hall–Kier alpha value is -3.43. The van der Waals surface area contributed by atoms with E-state index in [2.05, 4.69) is 10.4 Å². The number of benzene rings is 1. The number of carbonyl (C=O) groups is 2. The van der Waals surface area contributed by atoms with Crippen molar-refractivity contribution in [1.82, 2.24) is 15.1 Å². The number of fused-ring (bicyclic) bond motifs is 2. The molecule has 0 saturated heterocycles. The van der Waals surface area contributed by atoms with Crippen molar-refractivity contribution in [1.29, 1.82) is 0 Å². The second kappa shape index (κ2) is 9.60. The van der Waals surface area contributed by atoms with Gasteiger partial charge in [-0.1, -0.05) is 6.42 Å². The molecule has 1 amide bonds. The number of nitro groups is 1. The molecule has 1 aromatic carbocycles. The van der Waals surface area contributed by atoms with Gasteiger partial charge in [-0.15, -0.1) is 0 Å². The SMILES string of the molecule is CCOC(=O)c1nn(-c2ccc([N+](=O)[O-])cc2)cc1OCC(=O)N[C@H](C)[C@H]1C[C@H]2CC[C@H]1C2. The Bertz CT molecular complexity index is 1030. The van der Waals surface area contributed by atoms with Crippen LogP contribution < -0.4 is 10.1 Å². The zero-order valence-corrected chi connectivity index (χ0v) is 18.7. The summed E-state index contributed by atoms with van der Waals surface area (Å²) in [5.74, 6) is 1.17. The molecule has 0 spiro atoms. The second-order valence-electron chi connectivity index (χ2n) is 8.76. The van der Waals surface area contributed by atoms with Crippen LogP contribution in [0.3, 0.4) is 0 Å². The van der Waals surface area contributed by atoms with E-state index < -0.39 is 10.9 Å². The van der Waals surface area contributed by atoms with Crippen LogP contribution in [-0.2, 0) is 9.53 Å². The molecule has 10 nitrogen and oxygen atoms in total. The largest absolute Gasteiger partial charge is 0.480 e. The Kier molecular flexibility index (Phi) is 6.62. The molecule has 0 radical (unpaired) electrons. The molecular formula is C23H28N4O6. The smallest absolute Gasteiger partial charge is 0.362 e. The van der Waals surface area contributed by atoms with E-state index in [4.69, 9.17) is 9.47 Å². The summed E-state index contributed by atoms with van der Waals surface area (Å²) in [5.41, 5.74) is 0.369. The van der Waals surface area contributed by atoms with Gasteiger partial charge in [-0.2, -0.15) is 5.10 Å². The molecule has 2 saturated carbocycles. The van der Waals surface area contributed by atoms with Gasteiger partial charge in [0.25, 0.3) is 11.6 Å². The number of amides is 1. The van der Waals surface area contributed by atoms with Crippen LogP contribution >= 0.6 is 0 Å². The molecule has 1 aromatic heterocycles. The maximum absolute atomic E-state index is 12.5. The molecule has 2 bridgehead atoms. The van der Waals surface area contributed by atoms with Crippen LogP contribution in [0, 0.1) is 27.9 Å². The van der Waals surface area contributed by atoms with Gasteiger partial charge in [0, 0.05) is 18.2 Å². The summed E-state index contributed by atoms with van der Waals surface area (Å²) in [7, 11) is 0. The number of esters is 1. The molecule has 2 aromatic rings. The lowest BCUT2D eigenvalue weighted by molar-refractivity contribution is -0.384. The van der Waals surface area contributed by atoms with E-state index in [1.54, 1.807) is 6.92 Å². The highest BCUT2D eigenvalue weighted by molar-refractivity contribution is 5.90. The highest BCUT2D eigenvalue weighted by atomic mass is 16.6. The van der Waals surface area contributed by atoms with Crippen LogP contribution in [0.5, 0.6) is 5.75 Å². The van der Waals surface area contributed by atoms with Gasteiger partial charge in [0.2, 0.25) is 5.69 Å². The van der Waals surface area contributed by atoms with Crippen LogP contribution in [0.1, 0.15) is 50.0 Å². The van der Waals surface area contributed by atoms with E-state index in [0.29, 0.717) is 17.5 Å². The number of nitro benzene ring substituents is 1. The Morgan fingerprint density at radius 1 is 1.27 bits per heavy atom. The first-order valence-corrected chi connectivity index (χ1v) is 11.3. The van der Waals surface area contributed by atoms with Crippen LogP contribution in [0.25, 0.3) is 5.69 Å². The molecule has 2 aliphatic rings. The molecule has 2 aliphatic carbocycles. The number of nitrogens with one attached hydrogen (secondary N) is 1. The molecule has 2 fully saturated rings. The number of ether oxygens (including phenoxy) is 2. The topological polar surface area (TPSA) is 126 Å². The highest BCUT2D eigenvalue weighted by Crippen LogP contribution is 2.49. The summed E-state index contributed by atoms with van der Waals surface area (Å²) in [6, 6.07) is 5.77. The fourth-order valence-corrected chi connectivity index (χ4v) is 5.12. The Morgan fingerprint density at radius 2 is 2.03 bits per heavy atom. The number of hydrogen-bond acceptors (Lipinski definition) is 7. The van der Waals surface area contributed by atoms with Gasteiger partial charge in [0.15, 0.2) is 12.4 Å². The monoisotopic (exact) mass is 456 g/mol. The fraction of sp³-hybridized carbons (Fsp3) is 0.522. The summed E-state index contributed by atoms with van der Waals surface area (Å²) >= 11 is 0.